The number of allylic oxidation sites excluding steroid dienone is 2. The summed E-state index contributed by atoms with van der Waals surface area (Å²) in [4.78, 5) is 19.5. The van der Waals surface area contributed by atoms with Crippen molar-refractivity contribution in [3.63, 3.8) is 0 Å². The van der Waals surface area contributed by atoms with Gasteiger partial charge in [-0.15, -0.1) is 0 Å². The number of rotatable bonds is 13. The molecule has 0 spiro atoms. The van der Waals surface area contributed by atoms with Crippen molar-refractivity contribution in [3.8, 4) is 45.0 Å². The molecule has 2 atom stereocenters. The van der Waals surface area contributed by atoms with Gasteiger partial charge in [-0.25, -0.2) is 0 Å². The van der Waals surface area contributed by atoms with E-state index in [2.05, 4.69) is 112 Å². The van der Waals surface area contributed by atoms with Crippen molar-refractivity contribution in [1.82, 2.24) is 19.9 Å². The number of pyridine rings is 4. The number of hydrogen-bond acceptors (Lipinski definition) is 4. The molecule has 0 fully saturated rings. The number of unbranched alkanes of at least 4 members (excludes halogenated alkanes) is 2. The SMILES string of the molecule is CCCCC1=Cc2c(-c3ccccn3)cc(-c3ccccn3)cc2[CH]1[Zr]([Cl])([Cl])([CH]1C(CCCC)=Cc2c(-c3ccccn3)cc(-c3ccccn3)cc21)[SiH](C)C. The summed E-state index contributed by atoms with van der Waals surface area (Å²) in [5.41, 5.74) is 15.8. The number of fused-ring (bicyclic) bond motifs is 2. The third kappa shape index (κ3) is 6.95. The molecule has 0 bridgehead atoms. The number of halogens is 2. The molecule has 0 amide bonds. The predicted molar refractivity (Wildman–Crippen MR) is 237 cm³/mol. The zero-order chi connectivity index (χ0) is 38.9. The van der Waals surface area contributed by atoms with Crippen molar-refractivity contribution in [2.45, 2.75) is 72.7 Å². The van der Waals surface area contributed by atoms with Gasteiger partial charge in [-0.2, -0.15) is 0 Å². The fraction of sp³-hybridized carbons (Fsp3) is 0.250. The predicted octanol–water partition coefficient (Wildman–Crippen LogP) is 13.9. The Balaban J connectivity index is 1.43. The average Bonchev–Trinajstić information content (AvgIpc) is 3.82. The Morgan fingerprint density at radius 2 is 0.911 bits per heavy atom. The van der Waals surface area contributed by atoms with Crippen molar-refractivity contribution >= 4 is 35.1 Å². The molecule has 0 N–H and O–H groups in total. The van der Waals surface area contributed by atoms with Crippen LogP contribution in [0.1, 0.15) is 81.9 Å². The summed E-state index contributed by atoms with van der Waals surface area (Å²) in [7, 11) is 18.1. The summed E-state index contributed by atoms with van der Waals surface area (Å²) < 4.78 is -0.117. The number of hydrogen-bond donors (Lipinski definition) is 0. The summed E-state index contributed by atoms with van der Waals surface area (Å²) in [6, 6.07) is 33.9. The van der Waals surface area contributed by atoms with Crippen molar-refractivity contribution in [2.24, 2.45) is 0 Å². The second-order valence-corrected chi connectivity index (χ2v) is 58.3. The van der Waals surface area contributed by atoms with Crippen molar-refractivity contribution in [2.75, 3.05) is 0 Å². The van der Waals surface area contributed by atoms with Crippen molar-refractivity contribution in [1.29, 1.82) is 0 Å². The van der Waals surface area contributed by atoms with Crippen LogP contribution in [0.25, 0.3) is 57.2 Å². The van der Waals surface area contributed by atoms with Crippen LogP contribution in [0.3, 0.4) is 0 Å². The van der Waals surface area contributed by atoms with E-state index in [0.717, 1.165) is 83.6 Å². The first kappa shape index (κ1) is 39.0. The minimum absolute atomic E-state index is 0.0584. The Bertz CT molecular complexity index is 2250. The van der Waals surface area contributed by atoms with Gasteiger partial charge in [-0.05, 0) is 0 Å². The Labute approximate surface area is 341 Å². The molecule has 0 saturated carbocycles. The Kier molecular flexibility index (Phi) is 11.3. The Morgan fingerprint density at radius 1 is 0.536 bits per heavy atom. The van der Waals surface area contributed by atoms with Crippen molar-refractivity contribution < 1.29 is 15.6 Å². The minimum atomic E-state index is -5.21. The Morgan fingerprint density at radius 3 is 1.23 bits per heavy atom. The van der Waals surface area contributed by atoms with E-state index in [4.69, 9.17) is 37.0 Å². The van der Waals surface area contributed by atoms with Gasteiger partial charge in [0, 0.05) is 0 Å². The zero-order valence-electron chi connectivity index (χ0n) is 32.7. The number of aromatic nitrogens is 4. The maximum absolute atomic E-state index is 9.03. The van der Waals surface area contributed by atoms with E-state index < -0.39 is 21.5 Å². The van der Waals surface area contributed by atoms with Crippen LogP contribution in [0.15, 0.2) is 133 Å². The third-order valence-corrected chi connectivity index (χ3v) is 63.9. The topological polar surface area (TPSA) is 51.6 Å². The summed E-state index contributed by atoms with van der Waals surface area (Å²) in [6.07, 6.45) is 18.7. The molecule has 0 aliphatic heterocycles. The van der Waals surface area contributed by atoms with Crippen LogP contribution in [0.5, 0.6) is 0 Å². The van der Waals surface area contributed by atoms with E-state index in [-0.39, 0.29) is 7.25 Å². The fourth-order valence-electron chi connectivity index (χ4n) is 9.25. The molecular formula is C48H49Cl2N4SiZr. The van der Waals surface area contributed by atoms with E-state index in [1.807, 2.05) is 49.1 Å². The summed E-state index contributed by atoms with van der Waals surface area (Å²) in [5, 5.41) is 0. The van der Waals surface area contributed by atoms with Crippen LogP contribution in [0, 0.1) is 0 Å². The molecule has 0 saturated heterocycles. The van der Waals surface area contributed by atoms with Crippen LogP contribution >= 0.6 is 17.0 Å². The normalized spacial score (nSPS) is 16.9. The molecule has 56 heavy (non-hydrogen) atoms. The number of benzene rings is 2. The van der Waals surface area contributed by atoms with E-state index in [0.29, 0.717) is 0 Å². The van der Waals surface area contributed by atoms with E-state index >= 15 is 0 Å². The Hall–Kier alpha value is -3.80. The first-order valence-corrected chi connectivity index (χ1v) is 36.5. The molecule has 8 rings (SSSR count). The van der Waals surface area contributed by atoms with Crippen LogP contribution in [-0.2, 0) is 15.6 Å². The van der Waals surface area contributed by atoms with Gasteiger partial charge >= 0.3 is 344 Å². The molecule has 0 radical (unpaired) electrons. The summed E-state index contributed by atoms with van der Waals surface area (Å²) >= 11 is -5.21. The molecule has 2 aliphatic carbocycles. The molecule has 4 heterocycles. The molecule has 2 aliphatic rings. The number of nitrogens with zero attached hydrogens (tertiary/aromatic N) is 4. The van der Waals surface area contributed by atoms with E-state index in [9.17, 15) is 0 Å². The first-order valence-electron chi connectivity index (χ1n) is 20.2. The molecular weight excluding hydrogens is 823 g/mol. The molecule has 4 aromatic heterocycles. The first-order chi connectivity index (χ1) is 27.2. The molecule has 4 nitrogen and oxygen atoms in total. The second-order valence-electron chi connectivity index (χ2n) is 15.8. The second kappa shape index (κ2) is 16.2. The van der Waals surface area contributed by atoms with Gasteiger partial charge in [-0.3, -0.25) is 0 Å². The summed E-state index contributed by atoms with van der Waals surface area (Å²) in [6.45, 7) is 9.44. The van der Waals surface area contributed by atoms with E-state index in [1.54, 1.807) is 0 Å². The van der Waals surface area contributed by atoms with Gasteiger partial charge in [0.15, 0.2) is 0 Å². The van der Waals surface area contributed by atoms with Crippen LogP contribution in [0.2, 0.25) is 13.1 Å². The quantitative estimate of drug-likeness (QED) is 0.109. The van der Waals surface area contributed by atoms with Gasteiger partial charge in [0.25, 0.3) is 0 Å². The molecule has 8 heteroatoms. The van der Waals surface area contributed by atoms with Gasteiger partial charge < -0.3 is 0 Å². The standard InChI is InChI=1S/2C23H21N2.C2H7Si.2ClH.Zr/c2*1-2-3-8-17-13-18-15-19(22-9-4-6-11-24-22)16-21(20(18)14-17)23-10-5-7-12-25-23;1-3-2;;;/h2*4-7,9-16H,2-3,8H2,1H3;3H,1-2H3;2*1H;/q;;;;;+2/p-2. The summed E-state index contributed by atoms with van der Waals surface area (Å²) in [5.74, 6) is -1.85. The fourth-order valence-corrected chi connectivity index (χ4v) is 40.7. The van der Waals surface area contributed by atoms with Crippen LogP contribution < -0.4 is 0 Å². The molecule has 283 valence electrons. The van der Waals surface area contributed by atoms with Crippen LogP contribution in [0.4, 0.5) is 0 Å². The average molecular weight is 872 g/mol. The monoisotopic (exact) mass is 869 g/mol. The molecule has 2 aromatic carbocycles. The van der Waals surface area contributed by atoms with Gasteiger partial charge in [-0.1, -0.05) is 0 Å². The van der Waals surface area contributed by atoms with Gasteiger partial charge in [0.05, 0.1) is 0 Å². The maximum atomic E-state index is 9.03. The third-order valence-electron chi connectivity index (χ3n) is 12.1. The molecule has 2 unspecified atom stereocenters. The van der Waals surface area contributed by atoms with Crippen molar-refractivity contribution in [3.05, 3.63) is 155 Å². The van der Waals surface area contributed by atoms with Crippen LogP contribution in [-0.4, -0.2) is 25.9 Å². The van der Waals surface area contributed by atoms with E-state index in [1.165, 1.54) is 33.4 Å². The molecule has 6 aromatic rings. The zero-order valence-corrected chi connectivity index (χ0v) is 37.8. The van der Waals surface area contributed by atoms with Gasteiger partial charge in [0.1, 0.15) is 0 Å². The van der Waals surface area contributed by atoms with Gasteiger partial charge in [0.2, 0.25) is 0 Å².